The average Bonchev–Trinajstić information content (AvgIpc) is 1.02. The number of rotatable bonds is 79. The van der Waals surface area contributed by atoms with Gasteiger partial charge in [0.2, 0.25) is 0 Å². The molecule has 590 valence electrons. The molecule has 100 heavy (non-hydrogen) atoms. The lowest BCUT2D eigenvalue weighted by atomic mass is 9.99. The summed E-state index contributed by atoms with van der Waals surface area (Å²) in [4.78, 5) is 72.9. The summed E-state index contributed by atoms with van der Waals surface area (Å²) in [5, 5.41) is 10.6. The first kappa shape index (κ1) is 97.5. The number of phosphoric ester groups is 2. The Kier molecular flexibility index (Phi) is 71.6. The highest BCUT2D eigenvalue weighted by molar-refractivity contribution is 7.47. The zero-order valence-corrected chi connectivity index (χ0v) is 66.6. The first-order chi connectivity index (χ1) is 48.6. The zero-order chi connectivity index (χ0) is 73.4. The van der Waals surface area contributed by atoms with Crippen LogP contribution in [0.15, 0.2) is 24.3 Å². The maximum absolute atomic E-state index is 13.1. The van der Waals surface area contributed by atoms with Crippen LogP contribution in [0.25, 0.3) is 0 Å². The van der Waals surface area contributed by atoms with E-state index in [1.807, 2.05) is 0 Å². The van der Waals surface area contributed by atoms with Crippen LogP contribution in [0.4, 0.5) is 0 Å². The molecule has 0 aromatic carbocycles. The molecule has 0 aliphatic carbocycles. The van der Waals surface area contributed by atoms with Crippen molar-refractivity contribution in [3.05, 3.63) is 24.3 Å². The number of carbonyl (C=O) groups is 4. The monoisotopic (exact) mass is 1460 g/mol. The van der Waals surface area contributed by atoms with Crippen LogP contribution in [0.1, 0.15) is 407 Å². The van der Waals surface area contributed by atoms with E-state index in [0.29, 0.717) is 25.7 Å². The number of esters is 4. The normalized spacial score (nSPS) is 14.3. The van der Waals surface area contributed by atoms with E-state index in [2.05, 4.69) is 58.9 Å². The fourth-order valence-electron chi connectivity index (χ4n) is 12.0. The standard InChI is InChI=1S/C81H154O17P2/c1-6-10-13-16-19-22-25-27-32-37-40-45-50-55-60-65-79(84)92-71-77(98-81(86)67-62-57-52-47-42-38-34-31-29-28-30-33-36-39-43-48-53-58-63-74(5)9-4)73-96-100(89,90)94-69-75(82)68-93-99(87,88)95-72-76(70-91-78(83)64-59-54-49-44-24-21-18-15-12-8-3)97-80(85)66-61-56-51-46-41-35-26-23-20-17-14-11-7-2/h22,25,27,32,74-77,82H,6-21,23-24,26,28-31,33-73H2,1-5H3,(H,87,88)(H,89,90)/b25-22-,32-27-/t74?,75-,76+,77+/m0/s1. The van der Waals surface area contributed by atoms with Crippen LogP contribution >= 0.6 is 15.6 Å². The van der Waals surface area contributed by atoms with Crippen molar-refractivity contribution in [1.82, 2.24) is 0 Å². The first-order valence-corrected chi connectivity index (χ1v) is 44.5. The summed E-state index contributed by atoms with van der Waals surface area (Å²) < 4.78 is 68.6. The van der Waals surface area contributed by atoms with Gasteiger partial charge in [0.1, 0.15) is 19.3 Å². The second kappa shape index (κ2) is 73.4. The molecule has 6 atom stereocenters. The summed E-state index contributed by atoms with van der Waals surface area (Å²) in [5.41, 5.74) is 0. The first-order valence-electron chi connectivity index (χ1n) is 41.5. The zero-order valence-electron chi connectivity index (χ0n) is 64.8. The number of phosphoric acid groups is 2. The van der Waals surface area contributed by atoms with Crippen molar-refractivity contribution in [1.29, 1.82) is 0 Å². The fraction of sp³-hybridized carbons (Fsp3) is 0.901. The fourth-order valence-corrected chi connectivity index (χ4v) is 13.6. The van der Waals surface area contributed by atoms with Gasteiger partial charge in [-0.05, 0) is 57.3 Å². The smallest absolute Gasteiger partial charge is 0.462 e. The van der Waals surface area contributed by atoms with E-state index in [-0.39, 0.29) is 25.7 Å². The molecule has 0 aliphatic heterocycles. The summed E-state index contributed by atoms with van der Waals surface area (Å²) in [6, 6.07) is 0. The van der Waals surface area contributed by atoms with Crippen molar-refractivity contribution in [2.75, 3.05) is 39.6 Å². The van der Waals surface area contributed by atoms with Crippen molar-refractivity contribution in [3.8, 4) is 0 Å². The molecule has 0 spiro atoms. The lowest BCUT2D eigenvalue weighted by molar-refractivity contribution is -0.161. The Morgan fingerprint density at radius 1 is 0.320 bits per heavy atom. The van der Waals surface area contributed by atoms with Crippen LogP contribution in [-0.4, -0.2) is 96.7 Å². The quantitative estimate of drug-likeness (QED) is 0.0169. The minimum atomic E-state index is -4.97. The largest absolute Gasteiger partial charge is 0.472 e. The molecule has 0 rings (SSSR count). The van der Waals surface area contributed by atoms with Crippen LogP contribution in [0.3, 0.4) is 0 Å². The number of hydrogen-bond donors (Lipinski definition) is 3. The van der Waals surface area contributed by atoms with Crippen LogP contribution in [0.2, 0.25) is 0 Å². The minimum Gasteiger partial charge on any atom is -0.462 e. The molecule has 0 aromatic heterocycles. The summed E-state index contributed by atoms with van der Waals surface area (Å²) in [6.07, 6.45) is 67.3. The molecular weight excluding hydrogens is 1310 g/mol. The SMILES string of the molecule is CCCCCC/C=C\C=C/CCCCCCCC(=O)OC[C@H](COP(=O)(O)OC[C@@H](O)COP(=O)(O)OC[C@@H](COC(=O)CCCCCCCCCCCC)OC(=O)CCCCCCCCCCCCCCC)OC(=O)CCCCCCCCCCCCCCCCCCCCC(C)CC. The molecule has 17 nitrogen and oxygen atoms in total. The summed E-state index contributed by atoms with van der Waals surface area (Å²) in [5.74, 6) is -1.27. The number of aliphatic hydroxyl groups is 1. The highest BCUT2D eigenvalue weighted by atomic mass is 31.2. The topological polar surface area (TPSA) is 237 Å². The van der Waals surface area contributed by atoms with Crippen LogP contribution in [0.5, 0.6) is 0 Å². The molecule has 0 fully saturated rings. The van der Waals surface area contributed by atoms with Gasteiger partial charge < -0.3 is 33.8 Å². The number of ether oxygens (including phenoxy) is 4. The van der Waals surface area contributed by atoms with Crippen molar-refractivity contribution in [2.24, 2.45) is 5.92 Å². The van der Waals surface area contributed by atoms with Crippen molar-refractivity contribution in [3.63, 3.8) is 0 Å². The van der Waals surface area contributed by atoms with Gasteiger partial charge in [0, 0.05) is 25.7 Å². The molecule has 0 aromatic rings. The van der Waals surface area contributed by atoms with Gasteiger partial charge in [-0.3, -0.25) is 37.3 Å². The Morgan fingerprint density at radius 3 is 0.850 bits per heavy atom. The van der Waals surface area contributed by atoms with E-state index in [0.717, 1.165) is 115 Å². The molecule has 0 aliphatic rings. The van der Waals surface area contributed by atoms with Crippen LogP contribution in [-0.2, 0) is 65.4 Å². The number of allylic oxidation sites excluding steroid dienone is 4. The van der Waals surface area contributed by atoms with Gasteiger partial charge in [-0.25, -0.2) is 9.13 Å². The van der Waals surface area contributed by atoms with Gasteiger partial charge in [0.05, 0.1) is 26.4 Å². The predicted molar refractivity (Wildman–Crippen MR) is 409 cm³/mol. The molecular formula is C81H154O17P2. The molecule has 3 N–H and O–H groups in total. The van der Waals surface area contributed by atoms with Gasteiger partial charge >= 0.3 is 39.5 Å². The Hall–Kier alpha value is -2.46. The molecule has 0 bridgehead atoms. The van der Waals surface area contributed by atoms with Crippen molar-refractivity contribution >= 4 is 39.5 Å². The Morgan fingerprint density at radius 2 is 0.560 bits per heavy atom. The summed E-state index contributed by atoms with van der Waals surface area (Å²) >= 11 is 0. The van der Waals surface area contributed by atoms with E-state index >= 15 is 0 Å². The molecule has 19 heteroatoms. The van der Waals surface area contributed by atoms with E-state index in [4.69, 9.17) is 37.0 Å². The van der Waals surface area contributed by atoms with Gasteiger partial charge in [-0.15, -0.1) is 0 Å². The lowest BCUT2D eigenvalue weighted by Crippen LogP contribution is -2.30. The number of carbonyl (C=O) groups excluding carboxylic acids is 4. The third-order valence-corrected chi connectivity index (χ3v) is 20.7. The van der Waals surface area contributed by atoms with Gasteiger partial charge in [0.25, 0.3) is 0 Å². The molecule has 3 unspecified atom stereocenters. The summed E-state index contributed by atoms with van der Waals surface area (Å²) in [6.45, 7) is 7.32. The highest BCUT2D eigenvalue weighted by Crippen LogP contribution is 2.45. The van der Waals surface area contributed by atoms with Crippen molar-refractivity contribution < 1.29 is 80.2 Å². The molecule has 0 saturated heterocycles. The Bertz CT molecular complexity index is 2010. The van der Waals surface area contributed by atoms with Gasteiger partial charge in [-0.1, -0.05) is 354 Å². The van der Waals surface area contributed by atoms with Gasteiger partial charge in [0.15, 0.2) is 12.2 Å². The lowest BCUT2D eigenvalue weighted by Gasteiger charge is -2.21. The van der Waals surface area contributed by atoms with E-state index in [9.17, 15) is 43.2 Å². The highest BCUT2D eigenvalue weighted by Gasteiger charge is 2.30. The minimum absolute atomic E-state index is 0.102. The van der Waals surface area contributed by atoms with Crippen LogP contribution < -0.4 is 0 Å². The molecule has 0 heterocycles. The second-order valence-corrected chi connectivity index (χ2v) is 31.6. The van der Waals surface area contributed by atoms with E-state index < -0.39 is 97.5 Å². The summed E-state index contributed by atoms with van der Waals surface area (Å²) in [7, 11) is -9.93. The number of aliphatic hydroxyl groups excluding tert-OH is 1. The third-order valence-electron chi connectivity index (χ3n) is 18.8. The molecule has 0 radical (unpaired) electrons. The van der Waals surface area contributed by atoms with Gasteiger partial charge in [-0.2, -0.15) is 0 Å². The maximum atomic E-state index is 13.1. The van der Waals surface area contributed by atoms with E-state index in [1.165, 1.54) is 212 Å². The van der Waals surface area contributed by atoms with Crippen molar-refractivity contribution in [2.45, 2.75) is 425 Å². The number of hydrogen-bond acceptors (Lipinski definition) is 15. The Labute approximate surface area is 612 Å². The Balaban J connectivity index is 5.24. The number of unbranched alkanes of at least 4 members (excludes halogenated alkanes) is 47. The molecule has 0 saturated carbocycles. The average molecular weight is 1460 g/mol. The van der Waals surface area contributed by atoms with E-state index in [1.54, 1.807) is 0 Å². The third kappa shape index (κ3) is 72.5. The van der Waals surface area contributed by atoms with Crippen LogP contribution in [0, 0.1) is 5.92 Å². The molecule has 0 amide bonds. The predicted octanol–water partition coefficient (Wildman–Crippen LogP) is 24.0. The second-order valence-electron chi connectivity index (χ2n) is 28.7. The maximum Gasteiger partial charge on any atom is 0.472 e.